The summed E-state index contributed by atoms with van der Waals surface area (Å²) in [5, 5.41) is 11.5. The number of rotatable bonds is 5. The van der Waals surface area contributed by atoms with E-state index in [4.69, 9.17) is 5.73 Å². The van der Waals surface area contributed by atoms with Crippen LogP contribution in [0.15, 0.2) is 46.6 Å². The molecule has 7 nitrogen and oxygen atoms in total. The standard InChI is InChI=1S/C22H20F2N6OS/c1-26-30(2)29-20(25)13-10-9-12-5-3-8-17-19(14(12)11-13)32-22(27-17)21(31)28-18-15(23)6-4-7-16(18)24/h4,6-7,9-11H,1,3,5,8H2,2H3,(H2,25,29)(H,28,31). The second kappa shape index (κ2) is 8.83. The maximum Gasteiger partial charge on any atom is 0.284 e. The third-order valence-electron chi connectivity index (χ3n) is 5.06. The molecule has 1 aliphatic carbocycles. The zero-order valence-corrected chi connectivity index (χ0v) is 18.0. The molecule has 2 aromatic carbocycles. The van der Waals surface area contributed by atoms with E-state index in [9.17, 15) is 13.6 Å². The number of hydrogen-bond acceptors (Lipinski definition) is 6. The van der Waals surface area contributed by atoms with Gasteiger partial charge in [-0.2, -0.15) is 10.2 Å². The monoisotopic (exact) mass is 454 g/mol. The van der Waals surface area contributed by atoms with Crippen LogP contribution in [0, 0.1) is 11.6 Å². The molecule has 3 aromatic rings. The molecule has 1 amide bonds. The van der Waals surface area contributed by atoms with Crippen LogP contribution in [0.3, 0.4) is 0 Å². The number of nitrogens with two attached hydrogens (primary N) is 1. The number of hydrazone groups is 2. The number of thiazole rings is 1. The molecular weight excluding hydrogens is 434 g/mol. The van der Waals surface area contributed by atoms with Crippen molar-refractivity contribution in [3.8, 4) is 10.4 Å². The molecule has 3 N–H and O–H groups in total. The highest BCUT2D eigenvalue weighted by Crippen LogP contribution is 2.37. The van der Waals surface area contributed by atoms with Crippen molar-refractivity contribution in [1.82, 2.24) is 10.1 Å². The molecule has 32 heavy (non-hydrogen) atoms. The highest BCUT2D eigenvalue weighted by molar-refractivity contribution is 7.17. The fourth-order valence-corrected chi connectivity index (χ4v) is 4.53. The minimum Gasteiger partial charge on any atom is -0.382 e. The molecule has 4 rings (SSSR count). The predicted octanol–water partition coefficient (Wildman–Crippen LogP) is 4.00. The lowest BCUT2D eigenvalue weighted by Crippen LogP contribution is -2.18. The van der Waals surface area contributed by atoms with E-state index in [-0.39, 0.29) is 10.8 Å². The summed E-state index contributed by atoms with van der Waals surface area (Å²) in [6, 6.07) is 9.17. The first kappa shape index (κ1) is 21.6. The lowest BCUT2D eigenvalue weighted by molar-refractivity contribution is 0.102. The maximum atomic E-state index is 13.9. The fraction of sp³-hybridized carbons (Fsp3) is 0.182. The highest BCUT2D eigenvalue weighted by Gasteiger charge is 2.24. The second-order valence-electron chi connectivity index (χ2n) is 7.19. The average Bonchev–Trinajstić information content (AvgIpc) is 3.13. The molecule has 0 fully saturated rings. The van der Waals surface area contributed by atoms with Crippen molar-refractivity contribution >= 4 is 35.5 Å². The number of carbonyl (C=O) groups is 1. The normalized spacial score (nSPS) is 13.0. The quantitative estimate of drug-likeness (QED) is 0.346. The average molecular weight is 455 g/mol. The number of nitrogens with one attached hydrogen (secondary N) is 1. The molecule has 0 radical (unpaired) electrons. The molecule has 1 aromatic heterocycles. The van der Waals surface area contributed by atoms with Gasteiger partial charge in [0.05, 0.1) is 10.6 Å². The van der Waals surface area contributed by atoms with Crippen LogP contribution >= 0.6 is 11.3 Å². The number of hydrogen-bond donors (Lipinski definition) is 2. The molecule has 164 valence electrons. The first-order chi connectivity index (χ1) is 15.4. The van der Waals surface area contributed by atoms with E-state index < -0.39 is 23.2 Å². The summed E-state index contributed by atoms with van der Waals surface area (Å²) in [7, 11) is 1.62. The van der Waals surface area contributed by atoms with Crippen LogP contribution in [0.2, 0.25) is 0 Å². The molecule has 0 bridgehead atoms. The third kappa shape index (κ3) is 4.22. The summed E-state index contributed by atoms with van der Waals surface area (Å²) in [5.74, 6) is -2.09. The zero-order valence-electron chi connectivity index (χ0n) is 17.2. The number of benzene rings is 2. The summed E-state index contributed by atoms with van der Waals surface area (Å²) in [6.45, 7) is 3.40. The van der Waals surface area contributed by atoms with Crippen LogP contribution < -0.4 is 11.1 Å². The number of fused-ring (bicyclic) bond motifs is 3. The number of para-hydroxylation sites is 1. The molecular formula is C22H20F2N6OS. The number of halogens is 2. The summed E-state index contributed by atoms with van der Waals surface area (Å²) in [4.78, 5) is 18.0. The van der Waals surface area contributed by atoms with Gasteiger partial charge in [-0.05, 0) is 48.6 Å². The molecule has 0 spiro atoms. The summed E-state index contributed by atoms with van der Waals surface area (Å²) in [6.07, 6.45) is 2.40. The van der Waals surface area contributed by atoms with Crippen LogP contribution in [0.25, 0.3) is 10.4 Å². The predicted molar refractivity (Wildman–Crippen MR) is 122 cm³/mol. The number of aromatic nitrogens is 1. The number of amidine groups is 1. The van der Waals surface area contributed by atoms with Gasteiger partial charge in [0.2, 0.25) is 0 Å². The Hall–Kier alpha value is -3.66. The van der Waals surface area contributed by atoms with Gasteiger partial charge < -0.3 is 11.1 Å². The van der Waals surface area contributed by atoms with Gasteiger partial charge in [0.15, 0.2) is 10.8 Å². The second-order valence-corrected chi connectivity index (χ2v) is 8.19. The molecule has 0 atom stereocenters. The van der Waals surface area contributed by atoms with Crippen molar-refractivity contribution < 1.29 is 13.6 Å². The van der Waals surface area contributed by atoms with E-state index in [1.807, 2.05) is 18.2 Å². The molecule has 10 heteroatoms. The van der Waals surface area contributed by atoms with Gasteiger partial charge in [0.25, 0.3) is 5.91 Å². The first-order valence-electron chi connectivity index (χ1n) is 9.80. The Labute approximate surface area is 187 Å². The fourth-order valence-electron chi connectivity index (χ4n) is 3.47. The number of aryl methyl sites for hydroxylation is 2. The number of anilines is 1. The van der Waals surface area contributed by atoms with Crippen LogP contribution in [-0.4, -0.2) is 35.6 Å². The molecule has 0 unspecified atom stereocenters. The Balaban J connectivity index is 1.70. The summed E-state index contributed by atoms with van der Waals surface area (Å²) < 4.78 is 27.9. The van der Waals surface area contributed by atoms with Crippen molar-refractivity contribution in [1.29, 1.82) is 0 Å². The van der Waals surface area contributed by atoms with Crippen molar-refractivity contribution in [3.63, 3.8) is 0 Å². The third-order valence-corrected chi connectivity index (χ3v) is 6.19. The largest absolute Gasteiger partial charge is 0.382 e. The van der Waals surface area contributed by atoms with E-state index in [0.717, 1.165) is 46.7 Å². The molecule has 0 saturated carbocycles. The smallest absolute Gasteiger partial charge is 0.284 e. The van der Waals surface area contributed by atoms with Crippen LogP contribution in [0.1, 0.15) is 33.0 Å². The van der Waals surface area contributed by atoms with Gasteiger partial charge in [0, 0.05) is 19.3 Å². The molecule has 0 aliphatic heterocycles. The molecule has 1 heterocycles. The van der Waals surface area contributed by atoms with Gasteiger partial charge in [-0.3, -0.25) is 4.79 Å². The lowest BCUT2D eigenvalue weighted by atomic mass is 10.0. The first-order valence-corrected chi connectivity index (χ1v) is 10.6. The Morgan fingerprint density at radius 1 is 1.25 bits per heavy atom. The van der Waals surface area contributed by atoms with Crippen LogP contribution in [0.4, 0.5) is 14.5 Å². The zero-order chi connectivity index (χ0) is 22.8. The van der Waals surface area contributed by atoms with Crippen molar-refractivity contribution in [2.45, 2.75) is 19.3 Å². The summed E-state index contributed by atoms with van der Waals surface area (Å²) >= 11 is 1.18. The topological polar surface area (TPSA) is 96.0 Å². The Morgan fingerprint density at radius 3 is 2.72 bits per heavy atom. The van der Waals surface area contributed by atoms with Crippen molar-refractivity contribution in [2.24, 2.45) is 15.9 Å². The minimum absolute atomic E-state index is 0.133. The van der Waals surface area contributed by atoms with Gasteiger partial charge in [-0.15, -0.1) is 16.4 Å². The highest BCUT2D eigenvalue weighted by atomic mass is 32.1. The molecule has 0 saturated heterocycles. The van der Waals surface area contributed by atoms with E-state index in [1.165, 1.54) is 22.5 Å². The van der Waals surface area contributed by atoms with E-state index in [1.54, 1.807) is 7.05 Å². The molecule has 1 aliphatic rings. The van der Waals surface area contributed by atoms with Crippen molar-refractivity contribution in [3.05, 3.63) is 69.9 Å². The Bertz CT molecular complexity index is 1220. The summed E-state index contributed by atoms with van der Waals surface area (Å²) in [5.41, 5.74) is 9.09. The van der Waals surface area contributed by atoms with Crippen LogP contribution in [0.5, 0.6) is 0 Å². The van der Waals surface area contributed by atoms with Gasteiger partial charge >= 0.3 is 0 Å². The minimum atomic E-state index is -0.847. The Kier molecular flexibility index (Phi) is 5.95. The number of amides is 1. The lowest BCUT2D eigenvalue weighted by Gasteiger charge is -2.10. The van der Waals surface area contributed by atoms with Gasteiger partial charge in [-0.25, -0.2) is 13.8 Å². The van der Waals surface area contributed by atoms with Gasteiger partial charge in [0.1, 0.15) is 17.3 Å². The Morgan fingerprint density at radius 2 is 2.00 bits per heavy atom. The van der Waals surface area contributed by atoms with Crippen LogP contribution in [-0.2, 0) is 12.8 Å². The van der Waals surface area contributed by atoms with E-state index in [0.29, 0.717) is 12.0 Å². The number of nitrogens with zero attached hydrogens (tertiary/aromatic N) is 4. The van der Waals surface area contributed by atoms with E-state index >= 15 is 0 Å². The number of carbonyl (C=O) groups excluding carboxylic acids is 1. The maximum absolute atomic E-state index is 13.9. The van der Waals surface area contributed by atoms with E-state index in [2.05, 4.69) is 27.2 Å². The SMILES string of the molecule is C=NN(C)/N=C(\N)c1ccc2c(c1)-c1sc(C(=O)Nc3c(F)cccc3F)nc1CCC2. The van der Waals surface area contributed by atoms with Gasteiger partial charge in [-0.1, -0.05) is 18.2 Å². The van der Waals surface area contributed by atoms with Crippen molar-refractivity contribution in [2.75, 3.05) is 12.4 Å².